The summed E-state index contributed by atoms with van der Waals surface area (Å²) in [6, 6.07) is 13.1. The summed E-state index contributed by atoms with van der Waals surface area (Å²) in [5.74, 6) is 0.293. The fourth-order valence-electron chi connectivity index (χ4n) is 2.44. The third-order valence-corrected chi connectivity index (χ3v) is 4.66. The summed E-state index contributed by atoms with van der Waals surface area (Å²) in [5, 5.41) is 11.8. The van der Waals surface area contributed by atoms with Crippen LogP contribution in [0, 0.1) is 5.82 Å². The number of hydrogen-bond donors (Lipinski definition) is 2. The van der Waals surface area contributed by atoms with Gasteiger partial charge in [0.25, 0.3) is 0 Å². The molecule has 0 fully saturated rings. The second-order valence-electron chi connectivity index (χ2n) is 5.48. The predicted octanol–water partition coefficient (Wildman–Crippen LogP) is 3.42. The van der Waals surface area contributed by atoms with Crippen LogP contribution in [0.2, 0.25) is 0 Å². The molecule has 2 aromatic carbocycles. The zero-order valence-electron chi connectivity index (χ0n) is 14.1. The van der Waals surface area contributed by atoms with Gasteiger partial charge < -0.3 is 15.6 Å². The first-order valence-electron chi connectivity index (χ1n) is 8.04. The molecule has 0 bridgehead atoms. The normalized spacial score (nSPS) is 10.7. The van der Waals surface area contributed by atoms with Crippen LogP contribution >= 0.6 is 11.8 Å². The van der Waals surface area contributed by atoms with Gasteiger partial charge in [-0.15, -0.1) is 10.2 Å². The molecule has 1 amide bonds. The largest absolute Gasteiger partial charge is 0.398 e. The van der Waals surface area contributed by atoms with Gasteiger partial charge in [-0.3, -0.25) is 4.79 Å². The summed E-state index contributed by atoms with van der Waals surface area (Å²) in [5.41, 5.74) is 8.01. The van der Waals surface area contributed by atoms with E-state index in [1.165, 1.54) is 36.0 Å². The summed E-state index contributed by atoms with van der Waals surface area (Å²) in [4.78, 5) is 12.1. The van der Waals surface area contributed by atoms with Crippen molar-refractivity contribution in [1.82, 2.24) is 14.8 Å². The second-order valence-corrected chi connectivity index (χ2v) is 6.42. The van der Waals surface area contributed by atoms with Crippen LogP contribution < -0.4 is 11.1 Å². The fraction of sp³-hybridized carbons (Fsp3) is 0.167. The maximum atomic E-state index is 12.9. The average Bonchev–Trinajstić information content (AvgIpc) is 3.05. The van der Waals surface area contributed by atoms with Crippen LogP contribution in [0.1, 0.15) is 6.92 Å². The smallest absolute Gasteiger partial charge is 0.234 e. The number of rotatable bonds is 6. The number of anilines is 2. The van der Waals surface area contributed by atoms with Crippen LogP contribution in [-0.2, 0) is 11.3 Å². The molecule has 0 saturated carbocycles. The zero-order chi connectivity index (χ0) is 18.5. The molecular weight excluding hydrogens is 353 g/mol. The van der Waals surface area contributed by atoms with Crippen LogP contribution in [0.15, 0.2) is 53.7 Å². The van der Waals surface area contributed by atoms with Crippen LogP contribution in [0.3, 0.4) is 0 Å². The molecule has 1 aromatic heterocycles. The minimum atomic E-state index is -0.346. The Labute approximate surface area is 154 Å². The molecule has 3 N–H and O–H groups in total. The molecule has 3 aromatic rings. The molecule has 0 radical (unpaired) electrons. The first-order valence-corrected chi connectivity index (χ1v) is 9.03. The molecule has 0 aliphatic heterocycles. The third-order valence-electron chi connectivity index (χ3n) is 3.70. The van der Waals surface area contributed by atoms with Gasteiger partial charge in [-0.1, -0.05) is 23.9 Å². The molecule has 0 spiro atoms. The number of hydrogen-bond acceptors (Lipinski definition) is 5. The topological polar surface area (TPSA) is 85.8 Å². The van der Waals surface area contributed by atoms with E-state index in [1.807, 2.05) is 35.8 Å². The molecule has 0 saturated heterocycles. The van der Waals surface area contributed by atoms with Crippen molar-refractivity contribution in [2.24, 2.45) is 0 Å². The van der Waals surface area contributed by atoms with E-state index in [4.69, 9.17) is 5.73 Å². The van der Waals surface area contributed by atoms with Crippen LogP contribution in [0.25, 0.3) is 11.4 Å². The lowest BCUT2D eigenvalue weighted by Gasteiger charge is -2.09. The summed E-state index contributed by atoms with van der Waals surface area (Å²) < 4.78 is 14.8. The minimum absolute atomic E-state index is 0.166. The van der Waals surface area contributed by atoms with Gasteiger partial charge in [0, 0.05) is 23.5 Å². The molecule has 3 rings (SSSR count). The summed E-state index contributed by atoms with van der Waals surface area (Å²) in [7, 11) is 0. The second kappa shape index (κ2) is 8.01. The number of benzene rings is 2. The Morgan fingerprint density at radius 3 is 2.62 bits per heavy atom. The lowest BCUT2D eigenvalue weighted by Crippen LogP contribution is -2.14. The highest BCUT2D eigenvalue weighted by Crippen LogP contribution is 2.27. The number of nitrogen functional groups attached to an aromatic ring is 1. The van der Waals surface area contributed by atoms with Gasteiger partial charge in [-0.05, 0) is 43.3 Å². The Morgan fingerprint density at radius 2 is 1.92 bits per heavy atom. The van der Waals surface area contributed by atoms with E-state index >= 15 is 0 Å². The van der Waals surface area contributed by atoms with Crippen molar-refractivity contribution in [3.8, 4) is 11.4 Å². The van der Waals surface area contributed by atoms with Crippen LogP contribution in [-0.4, -0.2) is 26.4 Å². The number of nitrogens with zero attached hydrogens (tertiary/aromatic N) is 3. The monoisotopic (exact) mass is 371 g/mol. The minimum Gasteiger partial charge on any atom is -0.398 e. The Hall–Kier alpha value is -2.87. The lowest BCUT2D eigenvalue weighted by atomic mass is 10.1. The highest BCUT2D eigenvalue weighted by Gasteiger charge is 2.16. The van der Waals surface area contributed by atoms with Gasteiger partial charge in [0.1, 0.15) is 5.82 Å². The van der Waals surface area contributed by atoms with Crippen molar-refractivity contribution >= 4 is 29.0 Å². The van der Waals surface area contributed by atoms with E-state index in [-0.39, 0.29) is 17.5 Å². The summed E-state index contributed by atoms with van der Waals surface area (Å²) in [6.07, 6.45) is 0. The standard InChI is InChI=1S/C18H18FN5OS/c1-2-24-17(14-5-3-4-6-15(14)20)22-23-18(24)26-11-16(25)21-13-9-7-12(19)8-10-13/h3-10H,2,11,20H2,1H3,(H,21,25). The quantitative estimate of drug-likeness (QED) is 0.512. The molecule has 1 heterocycles. The first kappa shape index (κ1) is 17.9. The number of nitrogens with one attached hydrogen (secondary N) is 1. The molecule has 6 nitrogen and oxygen atoms in total. The van der Waals surface area contributed by atoms with Crippen molar-refractivity contribution < 1.29 is 9.18 Å². The molecular formula is C18H18FN5OS. The first-order chi connectivity index (χ1) is 12.6. The number of halogens is 1. The number of carbonyl (C=O) groups is 1. The van der Waals surface area contributed by atoms with Crippen molar-refractivity contribution in [3.63, 3.8) is 0 Å². The summed E-state index contributed by atoms with van der Waals surface area (Å²) in [6.45, 7) is 2.63. The molecule has 8 heteroatoms. The molecule has 0 atom stereocenters. The maximum Gasteiger partial charge on any atom is 0.234 e. The molecule has 0 aliphatic carbocycles. The van der Waals surface area contributed by atoms with E-state index in [0.717, 1.165) is 5.56 Å². The Kier molecular flexibility index (Phi) is 5.52. The molecule has 26 heavy (non-hydrogen) atoms. The SMILES string of the molecule is CCn1c(SCC(=O)Nc2ccc(F)cc2)nnc1-c1ccccc1N. The van der Waals surface area contributed by atoms with E-state index in [2.05, 4.69) is 15.5 Å². The van der Waals surface area contributed by atoms with Crippen molar-refractivity contribution in [3.05, 3.63) is 54.3 Å². The van der Waals surface area contributed by atoms with E-state index in [1.54, 1.807) is 0 Å². The molecule has 0 unspecified atom stereocenters. The van der Waals surface area contributed by atoms with Gasteiger partial charge in [0.15, 0.2) is 11.0 Å². The van der Waals surface area contributed by atoms with Gasteiger partial charge in [0.05, 0.1) is 5.75 Å². The van der Waals surface area contributed by atoms with Gasteiger partial charge >= 0.3 is 0 Å². The van der Waals surface area contributed by atoms with Gasteiger partial charge in [-0.2, -0.15) is 0 Å². The number of aromatic nitrogens is 3. The highest BCUT2D eigenvalue weighted by atomic mass is 32.2. The Bertz CT molecular complexity index is 910. The van der Waals surface area contributed by atoms with E-state index in [9.17, 15) is 9.18 Å². The number of thioether (sulfide) groups is 1. The molecule has 134 valence electrons. The predicted molar refractivity (Wildman–Crippen MR) is 101 cm³/mol. The number of para-hydroxylation sites is 1. The van der Waals surface area contributed by atoms with Crippen molar-refractivity contribution in [1.29, 1.82) is 0 Å². The average molecular weight is 371 g/mol. The fourth-order valence-corrected chi connectivity index (χ4v) is 3.24. The Balaban J connectivity index is 1.69. The van der Waals surface area contributed by atoms with Gasteiger partial charge in [0.2, 0.25) is 5.91 Å². The van der Waals surface area contributed by atoms with Crippen LogP contribution in [0.4, 0.5) is 15.8 Å². The lowest BCUT2D eigenvalue weighted by molar-refractivity contribution is -0.113. The van der Waals surface area contributed by atoms with E-state index in [0.29, 0.717) is 28.9 Å². The number of nitrogens with two attached hydrogens (primary N) is 1. The number of amides is 1. The van der Waals surface area contributed by atoms with Gasteiger partial charge in [-0.25, -0.2) is 4.39 Å². The molecule has 0 aliphatic rings. The van der Waals surface area contributed by atoms with Crippen molar-refractivity contribution in [2.45, 2.75) is 18.6 Å². The summed E-state index contributed by atoms with van der Waals surface area (Å²) >= 11 is 1.29. The third kappa shape index (κ3) is 4.02. The highest BCUT2D eigenvalue weighted by molar-refractivity contribution is 7.99. The number of carbonyl (C=O) groups excluding carboxylic acids is 1. The van der Waals surface area contributed by atoms with Crippen LogP contribution in [0.5, 0.6) is 0 Å². The zero-order valence-corrected chi connectivity index (χ0v) is 15.0. The maximum absolute atomic E-state index is 12.9. The van der Waals surface area contributed by atoms with E-state index < -0.39 is 0 Å². The van der Waals surface area contributed by atoms with Crippen molar-refractivity contribution in [2.75, 3.05) is 16.8 Å². The Morgan fingerprint density at radius 1 is 1.19 bits per heavy atom.